The molecule has 1 aliphatic carbocycles. The van der Waals surface area contributed by atoms with E-state index in [0.717, 1.165) is 17.3 Å². The van der Waals surface area contributed by atoms with E-state index in [9.17, 15) is 0 Å². The molecule has 0 saturated heterocycles. The quantitative estimate of drug-likeness (QED) is 0.774. The van der Waals surface area contributed by atoms with Crippen LogP contribution in [0.25, 0.3) is 0 Å². The zero-order valence-corrected chi connectivity index (χ0v) is 13.4. The molecule has 1 N–H and O–H groups in total. The fourth-order valence-electron chi connectivity index (χ4n) is 3.34. The van der Waals surface area contributed by atoms with Crippen LogP contribution in [0.1, 0.15) is 57.1 Å². The van der Waals surface area contributed by atoms with Gasteiger partial charge in [-0.25, -0.2) is 0 Å². The second kappa shape index (κ2) is 7.90. The van der Waals surface area contributed by atoms with E-state index < -0.39 is 0 Å². The van der Waals surface area contributed by atoms with E-state index in [1.54, 1.807) is 7.11 Å². The Hall–Kier alpha value is -0.730. The van der Waals surface area contributed by atoms with Gasteiger partial charge in [-0.05, 0) is 37.4 Å². The molecule has 112 valence electrons. The van der Waals surface area contributed by atoms with Gasteiger partial charge in [0.1, 0.15) is 5.75 Å². The van der Waals surface area contributed by atoms with E-state index >= 15 is 0 Å². The Morgan fingerprint density at radius 3 is 2.55 bits per heavy atom. The number of hydrogen-bond donors (Lipinski definition) is 1. The summed E-state index contributed by atoms with van der Waals surface area (Å²) in [5.74, 6) is 1.61. The summed E-state index contributed by atoms with van der Waals surface area (Å²) >= 11 is 6.09. The first-order chi connectivity index (χ1) is 9.76. The van der Waals surface area contributed by atoms with Gasteiger partial charge in [0.2, 0.25) is 0 Å². The molecule has 1 aliphatic rings. The molecule has 0 radical (unpaired) electrons. The lowest BCUT2D eigenvalue weighted by Gasteiger charge is -2.28. The monoisotopic (exact) mass is 295 g/mol. The molecule has 1 aromatic rings. The molecule has 0 aromatic heterocycles. The van der Waals surface area contributed by atoms with E-state index in [1.165, 1.54) is 44.1 Å². The zero-order valence-electron chi connectivity index (χ0n) is 12.6. The topological polar surface area (TPSA) is 21.3 Å². The van der Waals surface area contributed by atoms with Crippen molar-refractivity contribution in [1.29, 1.82) is 0 Å². The van der Waals surface area contributed by atoms with Crippen LogP contribution in [0, 0.1) is 5.92 Å². The molecule has 1 unspecified atom stereocenters. The summed E-state index contributed by atoms with van der Waals surface area (Å²) in [6, 6.07) is 6.41. The maximum absolute atomic E-state index is 6.09. The van der Waals surface area contributed by atoms with Crippen molar-refractivity contribution in [3.8, 4) is 5.75 Å². The van der Waals surface area contributed by atoms with Gasteiger partial charge >= 0.3 is 0 Å². The summed E-state index contributed by atoms with van der Waals surface area (Å²) in [5.41, 5.74) is 1.26. The number of benzene rings is 1. The Morgan fingerprint density at radius 1 is 1.25 bits per heavy atom. The van der Waals surface area contributed by atoms with Gasteiger partial charge in [0, 0.05) is 16.6 Å². The Labute approximate surface area is 127 Å². The second-order valence-corrected chi connectivity index (χ2v) is 6.11. The molecule has 0 amide bonds. The normalized spacial score (nSPS) is 18.6. The molecule has 2 rings (SSSR count). The molecular weight excluding hydrogens is 270 g/mol. The molecule has 0 aliphatic heterocycles. The highest BCUT2D eigenvalue weighted by Crippen LogP contribution is 2.38. The van der Waals surface area contributed by atoms with Crippen LogP contribution in [0.4, 0.5) is 0 Å². The van der Waals surface area contributed by atoms with Crippen molar-refractivity contribution in [1.82, 2.24) is 5.32 Å². The first-order valence-corrected chi connectivity index (χ1v) is 8.21. The molecule has 0 heterocycles. The summed E-state index contributed by atoms with van der Waals surface area (Å²) in [6.45, 7) is 3.15. The minimum absolute atomic E-state index is 0.380. The SMILES string of the molecule is CCNC(c1ccc(Cl)cc1OC)C1CCCCCC1. The maximum Gasteiger partial charge on any atom is 0.125 e. The summed E-state index contributed by atoms with van der Waals surface area (Å²) in [6.07, 6.45) is 8.08. The Balaban J connectivity index is 2.26. The summed E-state index contributed by atoms with van der Waals surface area (Å²) in [4.78, 5) is 0. The molecule has 0 bridgehead atoms. The van der Waals surface area contributed by atoms with Crippen LogP contribution in [-0.4, -0.2) is 13.7 Å². The molecular formula is C17H26ClNO. The van der Waals surface area contributed by atoms with Crippen molar-refractivity contribution in [3.63, 3.8) is 0 Å². The molecule has 1 fully saturated rings. The molecule has 1 aromatic carbocycles. The molecule has 2 nitrogen and oxygen atoms in total. The second-order valence-electron chi connectivity index (χ2n) is 5.67. The molecule has 0 spiro atoms. The highest BCUT2D eigenvalue weighted by Gasteiger charge is 2.25. The lowest BCUT2D eigenvalue weighted by Crippen LogP contribution is -2.28. The summed E-state index contributed by atoms with van der Waals surface area (Å²) in [5, 5.41) is 4.41. The van der Waals surface area contributed by atoms with E-state index in [0.29, 0.717) is 12.0 Å². The summed E-state index contributed by atoms with van der Waals surface area (Å²) in [7, 11) is 1.73. The van der Waals surface area contributed by atoms with Crippen molar-refractivity contribution >= 4 is 11.6 Å². The van der Waals surface area contributed by atoms with Gasteiger partial charge in [-0.3, -0.25) is 0 Å². The van der Waals surface area contributed by atoms with Gasteiger partial charge in [-0.1, -0.05) is 50.3 Å². The third kappa shape index (κ3) is 3.89. The van der Waals surface area contributed by atoms with E-state index in [2.05, 4.69) is 18.3 Å². The number of nitrogens with one attached hydrogen (secondary N) is 1. The lowest BCUT2D eigenvalue weighted by molar-refractivity contribution is 0.317. The smallest absolute Gasteiger partial charge is 0.125 e. The third-order valence-corrected chi connectivity index (χ3v) is 4.56. The third-order valence-electron chi connectivity index (χ3n) is 4.33. The number of halogens is 1. The van der Waals surface area contributed by atoms with Crippen molar-refractivity contribution < 1.29 is 4.74 Å². The van der Waals surface area contributed by atoms with Gasteiger partial charge in [0.15, 0.2) is 0 Å². The zero-order chi connectivity index (χ0) is 14.4. The van der Waals surface area contributed by atoms with Crippen LogP contribution in [0.5, 0.6) is 5.75 Å². The van der Waals surface area contributed by atoms with Gasteiger partial charge < -0.3 is 10.1 Å². The number of hydrogen-bond acceptors (Lipinski definition) is 2. The van der Waals surface area contributed by atoms with Crippen LogP contribution in [0.15, 0.2) is 18.2 Å². The highest BCUT2D eigenvalue weighted by molar-refractivity contribution is 6.30. The van der Waals surface area contributed by atoms with Crippen LogP contribution < -0.4 is 10.1 Å². The summed E-state index contributed by atoms with van der Waals surface area (Å²) < 4.78 is 5.55. The Bertz CT molecular complexity index is 413. The standard InChI is InChI=1S/C17H26ClNO/c1-3-19-17(13-8-6-4-5-7-9-13)15-11-10-14(18)12-16(15)20-2/h10-13,17,19H,3-9H2,1-2H3. The first-order valence-electron chi connectivity index (χ1n) is 7.83. The van der Waals surface area contributed by atoms with Crippen LogP contribution in [-0.2, 0) is 0 Å². The van der Waals surface area contributed by atoms with Crippen molar-refractivity contribution in [2.24, 2.45) is 5.92 Å². The largest absolute Gasteiger partial charge is 0.496 e. The lowest BCUT2D eigenvalue weighted by atomic mass is 9.86. The van der Waals surface area contributed by atoms with Crippen molar-refractivity contribution in [3.05, 3.63) is 28.8 Å². The van der Waals surface area contributed by atoms with Crippen molar-refractivity contribution in [2.75, 3.05) is 13.7 Å². The predicted octanol–water partition coefficient (Wildman–Crippen LogP) is 4.97. The van der Waals surface area contributed by atoms with Crippen molar-refractivity contribution in [2.45, 2.75) is 51.5 Å². The number of methoxy groups -OCH3 is 1. The minimum atomic E-state index is 0.380. The first kappa shape index (κ1) is 15.7. The molecule has 20 heavy (non-hydrogen) atoms. The van der Waals surface area contributed by atoms with Crippen LogP contribution in [0.2, 0.25) is 5.02 Å². The van der Waals surface area contributed by atoms with Gasteiger partial charge in [-0.2, -0.15) is 0 Å². The minimum Gasteiger partial charge on any atom is -0.496 e. The maximum atomic E-state index is 6.09. The highest BCUT2D eigenvalue weighted by atomic mass is 35.5. The fraction of sp³-hybridized carbons (Fsp3) is 0.647. The Kier molecular flexibility index (Phi) is 6.18. The average Bonchev–Trinajstić information content (AvgIpc) is 2.74. The van der Waals surface area contributed by atoms with Crippen LogP contribution >= 0.6 is 11.6 Å². The van der Waals surface area contributed by atoms with Crippen LogP contribution in [0.3, 0.4) is 0 Å². The average molecular weight is 296 g/mol. The van der Waals surface area contributed by atoms with Gasteiger partial charge in [0.05, 0.1) is 7.11 Å². The fourth-order valence-corrected chi connectivity index (χ4v) is 3.50. The van der Waals surface area contributed by atoms with E-state index in [-0.39, 0.29) is 0 Å². The van der Waals surface area contributed by atoms with E-state index in [1.807, 2.05) is 12.1 Å². The number of rotatable bonds is 5. The van der Waals surface area contributed by atoms with E-state index in [4.69, 9.17) is 16.3 Å². The molecule has 3 heteroatoms. The van der Waals surface area contributed by atoms with Gasteiger partial charge in [-0.15, -0.1) is 0 Å². The molecule has 1 atom stereocenters. The molecule has 1 saturated carbocycles. The Morgan fingerprint density at radius 2 is 1.95 bits per heavy atom. The van der Waals surface area contributed by atoms with Gasteiger partial charge in [0.25, 0.3) is 0 Å². The number of ether oxygens (including phenoxy) is 1. The predicted molar refractivity (Wildman–Crippen MR) is 85.6 cm³/mol.